The lowest BCUT2D eigenvalue weighted by Crippen LogP contribution is -2.27. The first kappa shape index (κ1) is 23.9. The van der Waals surface area contributed by atoms with Gasteiger partial charge in [-0.2, -0.15) is 0 Å². The number of hydrogen-bond acceptors (Lipinski definition) is 5. The molecule has 3 aromatic rings. The van der Waals surface area contributed by atoms with Crippen LogP contribution in [0.3, 0.4) is 0 Å². The van der Waals surface area contributed by atoms with Gasteiger partial charge in [-0.05, 0) is 59.9 Å². The number of methoxy groups -OCH3 is 1. The van der Waals surface area contributed by atoms with Crippen LogP contribution in [0.15, 0.2) is 66.7 Å². The summed E-state index contributed by atoms with van der Waals surface area (Å²) in [5, 5.41) is 4.99. The Morgan fingerprint density at radius 1 is 0.971 bits per heavy atom. The molecule has 4 rings (SSSR count). The summed E-state index contributed by atoms with van der Waals surface area (Å²) in [5.41, 5.74) is 3.25. The van der Waals surface area contributed by atoms with E-state index in [1.54, 1.807) is 7.11 Å². The molecule has 176 valence electrons. The third-order valence-corrected chi connectivity index (χ3v) is 6.70. The number of rotatable bonds is 8. The third-order valence-electron chi connectivity index (χ3n) is 5.72. The molecule has 1 fully saturated rings. The molecule has 3 unspecified atom stereocenters. The first-order chi connectivity index (χ1) is 16.3. The van der Waals surface area contributed by atoms with E-state index in [4.69, 9.17) is 4.74 Å². The quantitative estimate of drug-likeness (QED) is 0.456. The maximum Gasteiger partial charge on any atom is 0.286 e. The highest BCUT2D eigenvalue weighted by atomic mass is 32.2. The van der Waals surface area contributed by atoms with Crippen molar-refractivity contribution in [2.24, 2.45) is 0 Å². The second-order valence-electron chi connectivity index (χ2n) is 8.13. The second kappa shape index (κ2) is 10.4. The van der Waals surface area contributed by atoms with Crippen LogP contribution in [0.1, 0.15) is 41.3 Å². The van der Waals surface area contributed by atoms with Crippen LogP contribution in [0.25, 0.3) is 0 Å². The van der Waals surface area contributed by atoms with Crippen molar-refractivity contribution in [3.05, 3.63) is 101 Å². The van der Waals surface area contributed by atoms with Gasteiger partial charge in [-0.3, -0.25) is 20.2 Å². The minimum absolute atomic E-state index is 0.285. The summed E-state index contributed by atoms with van der Waals surface area (Å²) in [6.07, 6.45) is 0.413. The number of halogens is 2. The number of amides is 2. The van der Waals surface area contributed by atoms with Gasteiger partial charge in [-0.15, -0.1) is 0 Å². The number of carbonyl (C=O) groups is 2. The van der Waals surface area contributed by atoms with Crippen LogP contribution in [0.4, 0.5) is 13.6 Å². The zero-order chi connectivity index (χ0) is 24.2. The van der Waals surface area contributed by atoms with Crippen molar-refractivity contribution in [1.82, 2.24) is 10.6 Å². The summed E-state index contributed by atoms with van der Waals surface area (Å²) >= 11 is 0.994. The number of carbonyl (C=O) groups excluding carboxylic acids is 2. The molecule has 0 radical (unpaired) electrons. The average Bonchev–Trinajstić information content (AvgIpc) is 3.13. The molecule has 34 heavy (non-hydrogen) atoms. The van der Waals surface area contributed by atoms with Crippen LogP contribution in [-0.4, -0.2) is 23.5 Å². The number of benzene rings is 3. The van der Waals surface area contributed by atoms with E-state index in [2.05, 4.69) is 10.6 Å². The summed E-state index contributed by atoms with van der Waals surface area (Å²) < 4.78 is 32.9. The van der Waals surface area contributed by atoms with E-state index in [1.165, 1.54) is 12.1 Å². The Morgan fingerprint density at radius 2 is 1.68 bits per heavy atom. The molecule has 0 aliphatic carbocycles. The Labute approximate surface area is 200 Å². The van der Waals surface area contributed by atoms with E-state index in [0.717, 1.165) is 34.5 Å². The van der Waals surface area contributed by atoms with E-state index in [0.29, 0.717) is 17.7 Å². The van der Waals surface area contributed by atoms with Crippen LogP contribution >= 0.6 is 11.8 Å². The van der Waals surface area contributed by atoms with Gasteiger partial charge in [0.25, 0.3) is 5.24 Å². The average molecular weight is 483 g/mol. The molecule has 3 atom stereocenters. The lowest BCUT2D eigenvalue weighted by Gasteiger charge is -2.25. The van der Waals surface area contributed by atoms with Crippen molar-refractivity contribution < 1.29 is 23.1 Å². The van der Waals surface area contributed by atoms with Gasteiger partial charge in [-0.1, -0.05) is 48.2 Å². The standard InChI is InChI=1S/C26H24F2N2O3S/c1-15(19-12-20(27)14-21(28)13-19)29-24(17-6-8-22(33-2)9-7-17)18-5-3-4-16(10-18)11-23-25(31)30-26(32)34-23/h3-10,12-15,23-24,29H,11H2,1-2H3,(H,30,31,32). The number of hydrogen-bond donors (Lipinski definition) is 2. The smallest absolute Gasteiger partial charge is 0.286 e. The largest absolute Gasteiger partial charge is 0.497 e. The Kier molecular flexibility index (Phi) is 7.29. The van der Waals surface area contributed by atoms with Crippen molar-refractivity contribution in [1.29, 1.82) is 0 Å². The number of ether oxygens (including phenoxy) is 1. The fourth-order valence-corrected chi connectivity index (χ4v) is 4.85. The molecule has 0 aromatic heterocycles. The van der Waals surface area contributed by atoms with Crippen molar-refractivity contribution >= 4 is 22.9 Å². The highest BCUT2D eigenvalue weighted by molar-refractivity contribution is 8.15. The molecule has 3 aromatic carbocycles. The molecule has 0 saturated carbocycles. The van der Waals surface area contributed by atoms with Gasteiger partial charge in [-0.25, -0.2) is 8.78 Å². The normalized spacial score (nSPS) is 17.4. The molecule has 2 amide bonds. The molecule has 0 spiro atoms. The fraction of sp³-hybridized carbons (Fsp3) is 0.231. The Bertz CT molecular complexity index is 1180. The summed E-state index contributed by atoms with van der Waals surface area (Å²) in [6, 6.07) is 18.1. The molecule has 0 bridgehead atoms. The molecule has 5 nitrogen and oxygen atoms in total. The van der Waals surface area contributed by atoms with E-state index in [9.17, 15) is 18.4 Å². The number of thioether (sulfide) groups is 1. The van der Waals surface area contributed by atoms with Crippen LogP contribution in [0, 0.1) is 11.6 Å². The van der Waals surface area contributed by atoms with Crippen molar-refractivity contribution in [2.45, 2.75) is 30.7 Å². The van der Waals surface area contributed by atoms with Gasteiger partial charge in [0.15, 0.2) is 0 Å². The van der Waals surface area contributed by atoms with E-state index >= 15 is 0 Å². The first-order valence-electron chi connectivity index (χ1n) is 10.8. The highest BCUT2D eigenvalue weighted by Crippen LogP contribution is 2.30. The minimum atomic E-state index is -0.631. The maximum absolute atomic E-state index is 13.8. The van der Waals surface area contributed by atoms with Crippen molar-refractivity contribution in [2.75, 3.05) is 7.11 Å². The lowest BCUT2D eigenvalue weighted by atomic mass is 9.94. The minimum Gasteiger partial charge on any atom is -0.497 e. The summed E-state index contributed by atoms with van der Waals surface area (Å²) in [7, 11) is 1.59. The van der Waals surface area contributed by atoms with Gasteiger partial charge in [0, 0.05) is 12.1 Å². The molecule has 1 saturated heterocycles. The summed E-state index contributed by atoms with van der Waals surface area (Å²) in [4.78, 5) is 23.5. The molecule has 8 heteroatoms. The highest BCUT2D eigenvalue weighted by Gasteiger charge is 2.31. The molecular formula is C26H24F2N2O3S. The third kappa shape index (κ3) is 5.63. The summed E-state index contributed by atoms with van der Waals surface area (Å²) in [6.45, 7) is 1.85. The van der Waals surface area contributed by atoms with Gasteiger partial charge in [0.05, 0.1) is 18.4 Å². The lowest BCUT2D eigenvalue weighted by molar-refractivity contribution is -0.118. The SMILES string of the molecule is COc1ccc(C(NC(C)c2cc(F)cc(F)c2)c2cccc(CC3SC(=O)NC3=O)c2)cc1. The van der Waals surface area contributed by atoms with Gasteiger partial charge in [0.2, 0.25) is 5.91 Å². The van der Waals surface area contributed by atoms with E-state index in [-0.39, 0.29) is 23.2 Å². The Hall–Kier alpha value is -3.23. The Morgan fingerprint density at radius 3 is 2.29 bits per heavy atom. The predicted molar refractivity (Wildman–Crippen MR) is 128 cm³/mol. The summed E-state index contributed by atoms with van der Waals surface area (Å²) in [5.74, 6) is -0.834. The molecular weight excluding hydrogens is 458 g/mol. The van der Waals surface area contributed by atoms with Gasteiger partial charge in [0.1, 0.15) is 17.4 Å². The fourth-order valence-electron chi connectivity index (χ4n) is 3.99. The number of imide groups is 1. The molecule has 2 N–H and O–H groups in total. The number of nitrogens with one attached hydrogen (secondary N) is 2. The first-order valence-corrected chi connectivity index (χ1v) is 11.7. The Balaban J connectivity index is 1.65. The van der Waals surface area contributed by atoms with Gasteiger partial charge < -0.3 is 4.74 Å². The monoisotopic (exact) mass is 482 g/mol. The van der Waals surface area contributed by atoms with Crippen LogP contribution in [-0.2, 0) is 11.2 Å². The van der Waals surface area contributed by atoms with Crippen molar-refractivity contribution in [3.63, 3.8) is 0 Å². The van der Waals surface area contributed by atoms with E-state index < -0.39 is 16.9 Å². The van der Waals surface area contributed by atoms with E-state index in [1.807, 2.05) is 55.5 Å². The van der Waals surface area contributed by atoms with Crippen molar-refractivity contribution in [3.8, 4) is 5.75 Å². The topological polar surface area (TPSA) is 67.4 Å². The molecule has 1 heterocycles. The van der Waals surface area contributed by atoms with Gasteiger partial charge >= 0.3 is 0 Å². The molecule has 1 aliphatic rings. The van der Waals surface area contributed by atoms with Crippen LogP contribution in [0.5, 0.6) is 5.75 Å². The maximum atomic E-state index is 13.8. The van der Waals surface area contributed by atoms with Crippen LogP contribution in [0.2, 0.25) is 0 Å². The molecule has 1 aliphatic heterocycles. The second-order valence-corrected chi connectivity index (χ2v) is 9.31. The zero-order valence-corrected chi connectivity index (χ0v) is 19.5. The predicted octanol–water partition coefficient (Wildman–Crippen LogP) is 5.31. The van der Waals surface area contributed by atoms with Crippen LogP contribution < -0.4 is 15.4 Å². The zero-order valence-electron chi connectivity index (χ0n) is 18.7.